The number of carbonyl (C=O) groups excluding carboxylic acids is 2. The van der Waals surface area contributed by atoms with Crippen molar-refractivity contribution in [3.05, 3.63) is 40.7 Å². The number of primary amides is 1. The molecule has 1 aromatic heterocycles. The van der Waals surface area contributed by atoms with Crippen LogP contribution in [0, 0.1) is 5.82 Å². The monoisotopic (exact) mass is 401 g/mol. The molecule has 0 saturated heterocycles. The molecule has 0 fully saturated rings. The Kier molecular flexibility index (Phi) is 5.08. The number of hydrogen-bond donors (Lipinski definition) is 2. The number of rotatable bonds is 4. The summed E-state index contributed by atoms with van der Waals surface area (Å²) < 4.78 is 13.2. The van der Waals surface area contributed by atoms with Crippen molar-refractivity contribution in [3.63, 3.8) is 0 Å². The molecule has 0 bridgehead atoms. The molecule has 0 spiro atoms. The first-order valence-corrected chi connectivity index (χ1v) is 10.0. The third-order valence-corrected chi connectivity index (χ3v) is 5.98. The van der Waals surface area contributed by atoms with Gasteiger partial charge in [-0.15, -0.1) is 11.3 Å². The molecule has 2 amide bonds. The van der Waals surface area contributed by atoms with Gasteiger partial charge in [0.15, 0.2) is 5.13 Å². The fourth-order valence-corrected chi connectivity index (χ4v) is 4.50. The van der Waals surface area contributed by atoms with Crippen LogP contribution in [-0.2, 0) is 22.4 Å². The topological polar surface area (TPSA) is 101 Å². The summed E-state index contributed by atoms with van der Waals surface area (Å²) in [6.07, 6.45) is 5.47. The van der Waals surface area contributed by atoms with Crippen LogP contribution >= 0.6 is 11.3 Å². The van der Waals surface area contributed by atoms with Crippen LogP contribution in [0.15, 0.2) is 29.4 Å². The van der Waals surface area contributed by atoms with Crippen LogP contribution in [-0.4, -0.2) is 28.6 Å². The number of fused-ring (bicyclic) bond motifs is 1. The molecule has 1 aliphatic heterocycles. The zero-order valence-corrected chi connectivity index (χ0v) is 16.0. The summed E-state index contributed by atoms with van der Waals surface area (Å²) in [5.74, 6) is -1.40. The maximum Gasteiger partial charge on any atom is 0.273 e. The Morgan fingerprint density at radius 2 is 1.93 bits per heavy atom. The highest BCUT2D eigenvalue weighted by Crippen LogP contribution is 2.30. The first-order valence-electron chi connectivity index (χ1n) is 9.23. The van der Waals surface area contributed by atoms with E-state index in [0.29, 0.717) is 10.8 Å². The number of hydrogen-bond acceptors (Lipinski definition) is 6. The summed E-state index contributed by atoms with van der Waals surface area (Å²) in [5.41, 5.74) is 7.23. The van der Waals surface area contributed by atoms with Crippen LogP contribution in [0.4, 0.5) is 15.2 Å². The van der Waals surface area contributed by atoms with Gasteiger partial charge in [0.2, 0.25) is 5.91 Å². The van der Waals surface area contributed by atoms with E-state index >= 15 is 0 Å². The Balaban J connectivity index is 1.53. The normalized spacial score (nSPS) is 19.0. The summed E-state index contributed by atoms with van der Waals surface area (Å²) in [6, 6.07) is 4.73. The first kappa shape index (κ1) is 18.5. The number of anilines is 2. The van der Waals surface area contributed by atoms with Gasteiger partial charge in [-0.25, -0.2) is 9.37 Å². The molecule has 146 valence electrons. The van der Waals surface area contributed by atoms with Gasteiger partial charge in [-0.05, 0) is 49.9 Å². The lowest BCUT2D eigenvalue weighted by molar-refractivity contribution is -0.119. The van der Waals surface area contributed by atoms with Crippen LogP contribution in [0.3, 0.4) is 0 Å². The highest BCUT2D eigenvalue weighted by atomic mass is 32.1. The predicted molar refractivity (Wildman–Crippen MR) is 106 cm³/mol. The Hall–Kier alpha value is -2.81. The number of hydrazone groups is 1. The highest BCUT2D eigenvalue weighted by molar-refractivity contribution is 7.16. The third kappa shape index (κ3) is 3.75. The quantitative estimate of drug-likeness (QED) is 0.769. The fraction of sp³-hybridized carbons (Fsp3) is 0.368. The van der Waals surface area contributed by atoms with Gasteiger partial charge in [0.05, 0.1) is 11.4 Å². The van der Waals surface area contributed by atoms with Gasteiger partial charge in [0.25, 0.3) is 5.91 Å². The van der Waals surface area contributed by atoms with Gasteiger partial charge in [-0.1, -0.05) is 6.42 Å². The van der Waals surface area contributed by atoms with E-state index < -0.39 is 23.7 Å². The summed E-state index contributed by atoms with van der Waals surface area (Å²) in [6.45, 7) is 0. The summed E-state index contributed by atoms with van der Waals surface area (Å²) >= 11 is 1.50. The van der Waals surface area contributed by atoms with E-state index in [9.17, 15) is 14.0 Å². The van der Waals surface area contributed by atoms with Crippen LogP contribution < -0.4 is 16.1 Å². The second kappa shape index (κ2) is 7.67. The maximum atomic E-state index is 13.2. The zero-order chi connectivity index (χ0) is 19.7. The van der Waals surface area contributed by atoms with Crippen molar-refractivity contribution in [1.82, 2.24) is 4.98 Å². The van der Waals surface area contributed by atoms with Crippen LogP contribution in [0.25, 0.3) is 0 Å². The van der Waals surface area contributed by atoms with Crippen LogP contribution in [0.5, 0.6) is 0 Å². The molecule has 9 heteroatoms. The zero-order valence-electron chi connectivity index (χ0n) is 15.2. The van der Waals surface area contributed by atoms with E-state index in [1.54, 1.807) is 0 Å². The van der Waals surface area contributed by atoms with Gasteiger partial charge < -0.3 is 5.73 Å². The van der Waals surface area contributed by atoms with Crippen molar-refractivity contribution in [2.45, 2.75) is 44.6 Å². The Bertz CT molecular complexity index is 917. The van der Waals surface area contributed by atoms with Crippen LogP contribution in [0.2, 0.25) is 0 Å². The minimum Gasteiger partial charge on any atom is -0.368 e. The Labute approximate surface area is 165 Å². The number of nitrogens with zero attached hydrogens (tertiary/aromatic N) is 3. The van der Waals surface area contributed by atoms with E-state index in [4.69, 9.17) is 5.73 Å². The Morgan fingerprint density at radius 3 is 2.68 bits per heavy atom. The minimum atomic E-state index is -0.792. The lowest BCUT2D eigenvalue weighted by Gasteiger charge is -2.20. The second-order valence-corrected chi connectivity index (χ2v) is 7.98. The third-order valence-electron chi connectivity index (χ3n) is 4.91. The molecular weight excluding hydrogens is 381 g/mol. The average Bonchev–Trinajstić information content (AvgIpc) is 3.21. The predicted octanol–water partition coefficient (Wildman–Crippen LogP) is 2.61. The number of amides is 2. The first-order chi connectivity index (χ1) is 13.5. The minimum absolute atomic E-state index is 0.0869. The molecule has 7 nitrogen and oxygen atoms in total. The largest absolute Gasteiger partial charge is 0.368 e. The number of aryl methyl sites for hydroxylation is 2. The summed E-state index contributed by atoms with van der Waals surface area (Å²) in [5, 5.41) is 9.00. The van der Waals surface area contributed by atoms with Crippen molar-refractivity contribution in [1.29, 1.82) is 0 Å². The summed E-state index contributed by atoms with van der Waals surface area (Å²) in [7, 11) is 0. The lowest BCUT2D eigenvalue weighted by Crippen LogP contribution is -2.39. The van der Waals surface area contributed by atoms with Crippen molar-refractivity contribution in [3.8, 4) is 0 Å². The summed E-state index contributed by atoms with van der Waals surface area (Å²) in [4.78, 5) is 30.3. The van der Waals surface area contributed by atoms with Gasteiger partial charge in [0.1, 0.15) is 17.6 Å². The van der Waals surface area contributed by atoms with Gasteiger partial charge in [0, 0.05) is 11.3 Å². The molecule has 1 atom stereocenters. The maximum absolute atomic E-state index is 13.2. The van der Waals surface area contributed by atoms with Gasteiger partial charge in [-0.2, -0.15) is 5.10 Å². The van der Waals surface area contributed by atoms with E-state index in [1.165, 1.54) is 51.9 Å². The molecule has 0 saturated carbocycles. The standard InChI is InChI=1S/C19H20FN5O2S/c20-11-6-8-12(9-7-11)25-15(17(21)26)10-14(24-25)18(27)23-19-22-13-4-2-1-3-5-16(13)28-19/h6-9,15H,1-5,10H2,(H2,21,26)(H,22,23,27)/t15-/m1/s1. The van der Waals surface area contributed by atoms with Crippen molar-refractivity contribution < 1.29 is 14.0 Å². The van der Waals surface area contributed by atoms with Gasteiger partial charge in [-0.3, -0.25) is 19.9 Å². The van der Waals surface area contributed by atoms with Crippen LogP contribution in [0.1, 0.15) is 36.3 Å². The van der Waals surface area contributed by atoms with E-state index in [0.717, 1.165) is 31.4 Å². The molecule has 0 radical (unpaired) electrons. The molecule has 4 rings (SSSR count). The van der Waals surface area contributed by atoms with Crippen molar-refractivity contribution in [2.24, 2.45) is 10.8 Å². The van der Waals surface area contributed by atoms with E-state index in [-0.39, 0.29) is 12.1 Å². The number of aromatic nitrogens is 1. The number of benzene rings is 1. The van der Waals surface area contributed by atoms with Crippen molar-refractivity contribution >= 4 is 39.7 Å². The molecule has 28 heavy (non-hydrogen) atoms. The molecule has 0 unspecified atom stereocenters. The second-order valence-electron chi connectivity index (χ2n) is 6.89. The Morgan fingerprint density at radius 1 is 1.18 bits per heavy atom. The number of carbonyl (C=O) groups is 2. The molecular formula is C19H20FN5O2S. The fourth-order valence-electron chi connectivity index (χ4n) is 3.45. The highest BCUT2D eigenvalue weighted by Gasteiger charge is 2.35. The molecule has 3 N–H and O–H groups in total. The molecule has 2 aromatic rings. The van der Waals surface area contributed by atoms with Gasteiger partial charge >= 0.3 is 0 Å². The smallest absolute Gasteiger partial charge is 0.273 e. The number of thiazole rings is 1. The number of nitrogens with one attached hydrogen (secondary N) is 1. The number of nitrogens with two attached hydrogens (primary N) is 1. The molecule has 2 aliphatic rings. The van der Waals surface area contributed by atoms with E-state index in [2.05, 4.69) is 15.4 Å². The lowest BCUT2D eigenvalue weighted by atomic mass is 10.1. The van der Waals surface area contributed by atoms with Crippen molar-refractivity contribution in [2.75, 3.05) is 10.3 Å². The molecule has 2 heterocycles. The number of halogens is 1. The average molecular weight is 401 g/mol. The SMILES string of the molecule is NC(=O)[C@H]1CC(C(=O)Nc2nc3c(s2)CCCCC3)=NN1c1ccc(F)cc1. The van der Waals surface area contributed by atoms with E-state index in [1.807, 2.05) is 0 Å². The molecule has 1 aromatic carbocycles. The molecule has 1 aliphatic carbocycles.